The summed E-state index contributed by atoms with van der Waals surface area (Å²) in [4.78, 5) is 22.2. The first kappa shape index (κ1) is 14.8. The van der Waals surface area contributed by atoms with Gasteiger partial charge in [-0.3, -0.25) is 4.79 Å². The molecule has 1 unspecified atom stereocenters. The maximum atomic E-state index is 11.4. The first-order valence-electron chi connectivity index (χ1n) is 5.21. The van der Waals surface area contributed by atoms with Crippen molar-refractivity contribution in [2.45, 2.75) is 19.1 Å². The Morgan fingerprint density at radius 1 is 1.28 bits per heavy atom. The minimum atomic E-state index is -1.74. The van der Waals surface area contributed by atoms with Gasteiger partial charge in [0.2, 0.25) is 0 Å². The van der Waals surface area contributed by atoms with Crippen LogP contribution < -0.4 is 0 Å². The summed E-state index contributed by atoms with van der Waals surface area (Å²) in [5, 5.41) is 27.8. The molecule has 0 bridgehead atoms. The van der Waals surface area contributed by atoms with Gasteiger partial charge in [-0.1, -0.05) is 34.1 Å². The average molecular weight is 317 g/mol. The second-order valence-electron chi connectivity index (χ2n) is 3.74. The molecule has 0 heterocycles. The molecule has 0 aliphatic rings. The van der Waals surface area contributed by atoms with Crippen LogP contribution in [0.3, 0.4) is 0 Å². The Balaban J connectivity index is 3.24. The van der Waals surface area contributed by atoms with Crippen molar-refractivity contribution in [1.82, 2.24) is 0 Å². The van der Waals surface area contributed by atoms with E-state index in [1.54, 1.807) is 12.1 Å². The summed E-state index contributed by atoms with van der Waals surface area (Å²) in [6.45, 7) is -0.393. The molecule has 0 aliphatic heterocycles. The van der Waals surface area contributed by atoms with Crippen LogP contribution in [-0.2, 0) is 22.6 Å². The highest BCUT2D eigenvalue weighted by atomic mass is 79.9. The van der Waals surface area contributed by atoms with E-state index in [1.807, 2.05) is 0 Å². The molecule has 5 nitrogen and oxygen atoms in total. The molecule has 1 aromatic carbocycles. The Bertz CT molecular complexity index is 458. The van der Waals surface area contributed by atoms with Gasteiger partial charge in [0, 0.05) is 12.0 Å². The van der Waals surface area contributed by atoms with E-state index >= 15 is 0 Å². The number of carboxylic acids is 1. The molecule has 98 valence electrons. The minimum absolute atomic E-state index is 0.0127. The van der Waals surface area contributed by atoms with Crippen LogP contribution in [-0.4, -0.2) is 32.4 Å². The molecule has 0 fully saturated rings. The molecule has 0 aromatic heterocycles. The summed E-state index contributed by atoms with van der Waals surface area (Å²) >= 11 is 3.02. The van der Waals surface area contributed by atoms with Crippen LogP contribution in [0.4, 0.5) is 0 Å². The lowest BCUT2D eigenvalue weighted by atomic mass is 9.93. The van der Waals surface area contributed by atoms with E-state index in [2.05, 4.69) is 15.9 Å². The van der Waals surface area contributed by atoms with Crippen molar-refractivity contribution in [3.8, 4) is 0 Å². The van der Waals surface area contributed by atoms with Gasteiger partial charge in [0.15, 0.2) is 6.10 Å². The molecular weight excluding hydrogens is 304 g/mol. The Morgan fingerprint density at radius 3 is 2.39 bits per heavy atom. The predicted molar refractivity (Wildman–Crippen MR) is 67.5 cm³/mol. The van der Waals surface area contributed by atoms with E-state index in [-0.39, 0.29) is 23.1 Å². The number of carbonyl (C=O) groups is 2. The number of hydrogen-bond donors (Lipinski definition) is 3. The number of ketones is 1. The van der Waals surface area contributed by atoms with Gasteiger partial charge in [-0.2, -0.15) is 0 Å². The number of carbonyl (C=O) groups excluding carboxylic acids is 1. The Hall–Kier alpha value is -1.24. The molecule has 0 radical (unpaired) electrons. The number of carboxylic acid groups (broad SMARTS) is 1. The predicted octanol–water partition coefficient (Wildman–Crippen LogP) is 0.803. The number of halogens is 1. The van der Waals surface area contributed by atoms with Crippen molar-refractivity contribution in [2.24, 2.45) is 0 Å². The lowest BCUT2D eigenvalue weighted by Crippen LogP contribution is -2.17. The molecule has 0 saturated carbocycles. The fourth-order valence-corrected chi connectivity index (χ4v) is 1.89. The summed E-state index contributed by atoms with van der Waals surface area (Å²) in [5.74, 6) is -1.55. The van der Waals surface area contributed by atoms with Gasteiger partial charge in [0.1, 0.15) is 5.78 Å². The summed E-state index contributed by atoms with van der Waals surface area (Å²) in [6, 6.07) is 4.70. The van der Waals surface area contributed by atoms with Crippen molar-refractivity contribution in [3.63, 3.8) is 0 Å². The van der Waals surface area contributed by atoms with Crippen molar-refractivity contribution in [2.75, 3.05) is 5.33 Å². The highest BCUT2D eigenvalue weighted by Gasteiger charge is 2.23. The van der Waals surface area contributed by atoms with Crippen molar-refractivity contribution < 1.29 is 24.9 Å². The molecular formula is C12H13BrO5. The van der Waals surface area contributed by atoms with Crippen LogP contribution in [0.5, 0.6) is 0 Å². The molecule has 0 saturated heterocycles. The number of aliphatic hydroxyl groups excluding tert-OH is 2. The zero-order valence-electron chi connectivity index (χ0n) is 9.47. The van der Waals surface area contributed by atoms with Crippen molar-refractivity contribution >= 4 is 27.7 Å². The smallest absolute Gasteiger partial charge is 0.337 e. The second kappa shape index (κ2) is 6.63. The van der Waals surface area contributed by atoms with Crippen molar-refractivity contribution in [1.29, 1.82) is 0 Å². The van der Waals surface area contributed by atoms with E-state index in [0.717, 1.165) is 0 Å². The zero-order chi connectivity index (χ0) is 13.7. The van der Waals surface area contributed by atoms with Crippen LogP contribution in [0.1, 0.15) is 22.8 Å². The molecule has 18 heavy (non-hydrogen) atoms. The molecule has 1 aromatic rings. The lowest BCUT2D eigenvalue weighted by Gasteiger charge is -2.15. The number of hydrogen-bond acceptors (Lipinski definition) is 4. The highest BCUT2D eigenvalue weighted by molar-refractivity contribution is 9.09. The van der Waals surface area contributed by atoms with E-state index in [9.17, 15) is 14.7 Å². The van der Waals surface area contributed by atoms with Gasteiger partial charge in [-0.25, -0.2) is 4.79 Å². The summed E-state index contributed by atoms with van der Waals surface area (Å²) in [7, 11) is 0. The average Bonchev–Trinajstić information content (AvgIpc) is 2.37. The van der Waals surface area contributed by atoms with E-state index in [4.69, 9.17) is 10.2 Å². The topological polar surface area (TPSA) is 94.8 Å². The van der Waals surface area contributed by atoms with Crippen LogP contribution in [0.25, 0.3) is 0 Å². The first-order chi connectivity index (χ1) is 8.51. The highest BCUT2D eigenvalue weighted by Crippen LogP contribution is 2.24. The zero-order valence-corrected chi connectivity index (χ0v) is 11.1. The van der Waals surface area contributed by atoms with Crippen LogP contribution in [0.2, 0.25) is 0 Å². The van der Waals surface area contributed by atoms with Crippen molar-refractivity contribution in [3.05, 3.63) is 34.9 Å². The molecule has 0 spiro atoms. The third-order valence-corrected chi connectivity index (χ3v) is 3.13. The Labute approximate surface area is 112 Å². The SMILES string of the molecule is O=C(CBr)Cc1cccc(CO)c1C(O)C(=O)O. The fourth-order valence-electron chi connectivity index (χ4n) is 1.69. The number of alkyl halides is 1. The minimum Gasteiger partial charge on any atom is -0.479 e. The summed E-state index contributed by atoms with van der Waals surface area (Å²) in [6.07, 6.45) is -1.73. The van der Waals surface area contributed by atoms with E-state index in [1.165, 1.54) is 6.07 Å². The Kier molecular flexibility index (Phi) is 5.46. The van der Waals surface area contributed by atoms with Gasteiger partial charge in [-0.05, 0) is 11.1 Å². The number of rotatable bonds is 6. The summed E-state index contributed by atoms with van der Waals surface area (Å²) in [5.41, 5.74) is 0.826. The third kappa shape index (κ3) is 3.38. The number of benzene rings is 1. The van der Waals surface area contributed by atoms with E-state index < -0.39 is 18.7 Å². The maximum absolute atomic E-state index is 11.4. The quantitative estimate of drug-likeness (QED) is 0.675. The maximum Gasteiger partial charge on any atom is 0.337 e. The number of Topliss-reactive ketones (excluding diaryl/α,β-unsaturated/α-hetero) is 1. The van der Waals surface area contributed by atoms with Gasteiger partial charge < -0.3 is 15.3 Å². The first-order valence-corrected chi connectivity index (χ1v) is 6.33. The van der Waals surface area contributed by atoms with Gasteiger partial charge in [-0.15, -0.1) is 0 Å². The lowest BCUT2D eigenvalue weighted by molar-refractivity contribution is -0.147. The largest absolute Gasteiger partial charge is 0.479 e. The van der Waals surface area contributed by atoms with Gasteiger partial charge >= 0.3 is 5.97 Å². The van der Waals surface area contributed by atoms with Gasteiger partial charge in [0.25, 0.3) is 0 Å². The summed E-state index contributed by atoms with van der Waals surface area (Å²) < 4.78 is 0. The molecule has 0 aliphatic carbocycles. The Morgan fingerprint density at radius 2 is 1.89 bits per heavy atom. The van der Waals surface area contributed by atoms with Crippen LogP contribution >= 0.6 is 15.9 Å². The normalized spacial score (nSPS) is 12.2. The van der Waals surface area contributed by atoms with Crippen LogP contribution in [0, 0.1) is 0 Å². The van der Waals surface area contributed by atoms with E-state index in [0.29, 0.717) is 11.1 Å². The molecule has 1 rings (SSSR count). The fraction of sp³-hybridized carbons (Fsp3) is 0.333. The number of aliphatic hydroxyl groups is 2. The van der Waals surface area contributed by atoms with Gasteiger partial charge in [0.05, 0.1) is 11.9 Å². The monoisotopic (exact) mass is 316 g/mol. The number of aliphatic carboxylic acids is 1. The second-order valence-corrected chi connectivity index (χ2v) is 4.30. The standard InChI is InChI=1S/C12H13BrO5/c13-5-9(15)4-7-2-1-3-8(6-14)10(7)11(16)12(17)18/h1-3,11,14,16H,4-6H2,(H,17,18). The molecule has 6 heteroatoms. The van der Waals surface area contributed by atoms with Crippen LogP contribution in [0.15, 0.2) is 18.2 Å². The molecule has 1 atom stereocenters. The molecule has 0 amide bonds. The molecule has 3 N–H and O–H groups in total. The third-order valence-electron chi connectivity index (χ3n) is 2.50.